The summed E-state index contributed by atoms with van der Waals surface area (Å²) >= 11 is 8.22. The monoisotopic (exact) mass is 258 g/mol. The molecule has 0 nitrogen and oxygen atoms in total. The minimum atomic E-state index is -2.82. The summed E-state index contributed by atoms with van der Waals surface area (Å²) in [7, 11) is 0. The minimum Gasteiger partial charge on any atom is -0.205 e. The van der Waals surface area contributed by atoms with E-state index in [9.17, 15) is 13.2 Å². The van der Waals surface area contributed by atoms with Crippen LogP contribution >= 0.6 is 27.5 Å². The molecule has 0 aromatic heterocycles. The second kappa shape index (κ2) is 3.66. The second-order valence-electron chi connectivity index (χ2n) is 2.07. The highest BCUT2D eigenvalue weighted by atomic mass is 79.9. The largest absolute Gasteiger partial charge is 0.266 e. The maximum absolute atomic E-state index is 12.9. The van der Waals surface area contributed by atoms with Gasteiger partial charge in [-0.25, -0.2) is 13.2 Å². The molecule has 0 saturated carbocycles. The van der Waals surface area contributed by atoms with Crippen LogP contribution in [0.15, 0.2) is 16.6 Å². The molecule has 0 aliphatic rings. The first-order valence-corrected chi connectivity index (χ1v) is 4.12. The molecule has 1 rings (SSSR count). The van der Waals surface area contributed by atoms with Crippen molar-refractivity contribution in [3.63, 3.8) is 0 Å². The predicted molar refractivity (Wildman–Crippen MR) is 44.1 cm³/mol. The van der Waals surface area contributed by atoms with Gasteiger partial charge >= 0.3 is 0 Å². The average Bonchev–Trinajstić information content (AvgIpc) is 2.00. The van der Waals surface area contributed by atoms with Crippen molar-refractivity contribution in [2.24, 2.45) is 0 Å². The summed E-state index contributed by atoms with van der Waals surface area (Å²) in [5.74, 6) is -1.00. The van der Waals surface area contributed by atoms with Crippen LogP contribution in [-0.4, -0.2) is 0 Å². The Kier molecular flexibility index (Phi) is 3.01. The van der Waals surface area contributed by atoms with E-state index >= 15 is 0 Å². The summed E-state index contributed by atoms with van der Waals surface area (Å²) in [5, 5.41) is 0.0805. The second-order valence-corrected chi connectivity index (χ2v) is 3.27. The van der Waals surface area contributed by atoms with Gasteiger partial charge in [-0.1, -0.05) is 11.6 Å². The Morgan fingerprint density at radius 2 is 1.92 bits per heavy atom. The third-order valence-corrected chi connectivity index (χ3v) is 2.62. The van der Waals surface area contributed by atoms with Crippen LogP contribution in [0.3, 0.4) is 0 Å². The predicted octanol–water partition coefficient (Wildman–Crippen LogP) is 4.18. The zero-order valence-electron chi connectivity index (χ0n) is 5.62. The quantitative estimate of drug-likeness (QED) is 0.664. The number of rotatable bonds is 1. The van der Waals surface area contributed by atoms with E-state index in [4.69, 9.17) is 11.6 Å². The van der Waals surface area contributed by atoms with Crippen molar-refractivity contribution < 1.29 is 13.2 Å². The van der Waals surface area contributed by atoms with Gasteiger partial charge in [0.25, 0.3) is 6.43 Å². The Morgan fingerprint density at radius 1 is 1.33 bits per heavy atom. The van der Waals surface area contributed by atoms with Gasteiger partial charge in [0, 0.05) is 0 Å². The van der Waals surface area contributed by atoms with E-state index in [2.05, 4.69) is 15.9 Å². The lowest BCUT2D eigenvalue weighted by Crippen LogP contribution is -1.91. The van der Waals surface area contributed by atoms with E-state index in [0.29, 0.717) is 0 Å². The van der Waals surface area contributed by atoms with Gasteiger partial charge < -0.3 is 0 Å². The summed E-state index contributed by atoms with van der Waals surface area (Å²) in [6.07, 6.45) is -2.82. The average molecular weight is 259 g/mol. The first-order valence-electron chi connectivity index (χ1n) is 2.95. The van der Waals surface area contributed by atoms with Gasteiger partial charge in [0.2, 0.25) is 0 Å². The molecular formula is C7H3BrClF3. The summed E-state index contributed by atoms with van der Waals surface area (Å²) in [4.78, 5) is 0. The van der Waals surface area contributed by atoms with Crippen LogP contribution in [0.2, 0.25) is 5.02 Å². The Labute approximate surface area is 80.5 Å². The Balaban J connectivity index is 3.27. The van der Waals surface area contributed by atoms with Crippen molar-refractivity contribution in [1.29, 1.82) is 0 Å². The highest BCUT2D eigenvalue weighted by Gasteiger charge is 2.16. The van der Waals surface area contributed by atoms with Gasteiger partial charge in [-0.15, -0.1) is 0 Å². The lowest BCUT2D eigenvalue weighted by atomic mass is 10.2. The molecule has 0 aliphatic heterocycles. The molecule has 5 heteroatoms. The van der Waals surface area contributed by atoms with E-state index in [1.54, 1.807) is 0 Å². The van der Waals surface area contributed by atoms with Gasteiger partial charge in [0.1, 0.15) is 5.82 Å². The van der Waals surface area contributed by atoms with Crippen molar-refractivity contribution >= 4 is 27.5 Å². The molecule has 0 heterocycles. The molecule has 0 N–H and O–H groups in total. The fraction of sp³-hybridized carbons (Fsp3) is 0.143. The third kappa shape index (κ3) is 1.75. The topological polar surface area (TPSA) is 0 Å². The first kappa shape index (κ1) is 9.86. The maximum Gasteiger partial charge on any atom is 0.266 e. The van der Waals surface area contributed by atoms with Crippen molar-refractivity contribution in [3.05, 3.63) is 33.0 Å². The molecule has 0 radical (unpaired) electrons. The fourth-order valence-electron chi connectivity index (χ4n) is 0.709. The van der Waals surface area contributed by atoms with Crippen LogP contribution < -0.4 is 0 Å². The molecule has 12 heavy (non-hydrogen) atoms. The van der Waals surface area contributed by atoms with Crippen LogP contribution in [0.4, 0.5) is 13.2 Å². The van der Waals surface area contributed by atoms with E-state index in [-0.39, 0.29) is 9.50 Å². The van der Waals surface area contributed by atoms with Crippen molar-refractivity contribution in [2.45, 2.75) is 6.43 Å². The molecule has 0 amide bonds. The molecule has 0 bridgehead atoms. The number of benzene rings is 1. The molecule has 0 atom stereocenters. The van der Waals surface area contributed by atoms with Crippen LogP contribution in [0.1, 0.15) is 12.0 Å². The van der Waals surface area contributed by atoms with Gasteiger partial charge in [0.15, 0.2) is 0 Å². The Bertz CT molecular complexity index is 301. The molecule has 0 saturated heterocycles. The molecule has 0 fully saturated rings. The molecule has 0 aliphatic carbocycles. The Hall–Kier alpha value is -0.220. The summed E-state index contributed by atoms with van der Waals surface area (Å²) in [5.41, 5.74) is -0.647. The van der Waals surface area contributed by atoms with E-state index in [1.165, 1.54) is 6.07 Å². The molecule has 66 valence electrons. The standard InChI is InChI=1S/C7H3BrClF3/c8-5-4(9)2-1-3(6(5)10)7(11)12/h1-2,7H. The van der Waals surface area contributed by atoms with Gasteiger partial charge in [-0.2, -0.15) is 0 Å². The minimum absolute atomic E-state index is 0.0805. The van der Waals surface area contributed by atoms with Gasteiger partial charge in [0.05, 0.1) is 15.1 Å². The maximum atomic E-state index is 12.9. The molecule has 0 spiro atoms. The summed E-state index contributed by atoms with van der Waals surface area (Å²) in [6.45, 7) is 0. The van der Waals surface area contributed by atoms with Crippen LogP contribution in [0.25, 0.3) is 0 Å². The Morgan fingerprint density at radius 3 is 2.42 bits per heavy atom. The van der Waals surface area contributed by atoms with E-state index in [0.717, 1.165) is 6.07 Å². The number of alkyl halides is 2. The lowest BCUT2D eigenvalue weighted by molar-refractivity contribution is 0.146. The smallest absolute Gasteiger partial charge is 0.205 e. The zero-order chi connectivity index (χ0) is 9.30. The van der Waals surface area contributed by atoms with Crippen molar-refractivity contribution in [1.82, 2.24) is 0 Å². The molecular weight excluding hydrogens is 256 g/mol. The molecule has 1 aromatic rings. The lowest BCUT2D eigenvalue weighted by Gasteiger charge is -2.03. The molecule has 0 unspecified atom stereocenters. The fourth-order valence-corrected chi connectivity index (χ4v) is 1.22. The number of hydrogen-bond donors (Lipinski definition) is 0. The van der Waals surface area contributed by atoms with Crippen LogP contribution in [0, 0.1) is 5.82 Å². The van der Waals surface area contributed by atoms with Crippen LogP contribution in [0.5, 0.6) is 0 Å². The van der Waals surface area contributed by atoms with E-state index < -0.39 is 17.8 Å². The summed E-state index contributed by atoms with van der Waals surface area (Å²) in [6, 6.07) is 2.18. The van der Waals surface area contributed by atoms with Crippen molar-refractivity contribution in [2.75, 3.05) is 0 Å². The van der Waals surface area contributed by atoms with Crippen molar-refractivity contribution in [3.8, 4) is 0 Å². The molecule has 1 aromatic carbocycles. The van der Waals surface area contributed by atoms with Crippen LogP contribution in [-0.2, 0) is 0 Å². The highest BCUT2D eigenvalue weighted by Crippen LogP contribution is 2.31. The normalized spacial score (nSPS) is 10.8. The van der Waals surface area contributed by atoms with E-state index in [1.807, 2.05) is 0 Å². The zero-order valence-corrected chi connectivity index (χ0v) is 7.96. The number of halogens is 5. The highest BCUT2D eigenvalue weighted by molar-refractivity contribution is 9.10. The third-order valence-electron chi connectivity index (χ3n) is 1.30. The number of hydrogen-bond acceptors (Lipinski definition) is 0. The SMILES string of the molecule is Fc1c(C(F)F)ccc(Cl)c1Br. The van der Waals surface area contributed by atoms with Gasteiger partial charge in [-0.3, -0.25) is 0 Å². The summed E-state index contributed by atoms with van der Waals surface area (Å²) < 4.78 is 36.9. The van der Waals surface area contributed by atoms with Gasteiger partial charge in [-0.05, 0) is 28.1 Å². The first-order chi connectivity index (χ1) is 5.54.